The topological polar surface area (TPSA) is 72.5 Å². The molecular weight excluding hydrogens is 246 g/mol. The zero-order chi connectivity index (χ0) is 14.5. The van der Waals surface area contributed by atoms with E-state index in [1.807, 2.05) is 6.92 Å². The van der Waals surface area contributed by atoms with Crippen LogP contribution in [0, 0.1) is 5.41 Å². The first kappa shape index (κ1) is 15.7. The summed E-state index contributed by atoms with van der Waals surface area (Å²) in [6.45, 7) is 3.30. The van der Waals surface area contributed by atoms with E-state index < -0.39 is 17.4 Å². The molecule has 1 rings (SSSR count). The van der Waals surface area contributed by atoms with Crippen molar-refractivity contribution in [2.24, 2.45) is 5.41 Å². The fraction of sp³-hybridized carbons (Fsp3) is 0.786. The minimum Gasteiger partial charge on any atom is -0.469 e. The van der Waals surface area contributed by atoms with Gasteiger partial charge in [-0.25, -0.2) is 0 Å². The number of carbonyl (C=O) groups is 3. The summed E-state index contributed by atoms with van der Waals surface area (Å²) in [5, 5.41) is 2.70. The molecular formula is C14H23NO4. The van der Waals surface area contributed by atoms with E-state index in [-0.39, 0.29) is 18.1 Å². The molecule has 1 aliphatic rings. The van der Waals surface area contributed by atoms with E-state index in [1.165, 1.54) is 14.0 Å². The number of carbonyl (C=O) groups excluding carboxylic acids is 3. The number of ketones is 1. The van der Waals surface area contributed by atoms with Gasteiger partial charge in [-0.2, -0.15) is 0 Å². The van der Waals surface area contributed by atoms with Gasteiger partial charge in [0.2, 0.25) is 5.91 Å². The number of esters is 1. The smallest absolute Gasteiger partial charge is 0.308 e. The van der Waals surface area contributed by atoms with E-state index in [4.69, 9.17) is 0 Å². The Morgan fingerprint density at radius 3 is 2.26 bits per heavy atom. The predicted molar refractivity (Wildman–Crippen MR) is 70.4 cm³/mol. The first-order valence-electron chi connectivity index (χ1n) is 6.77. The molecule has 5 heteroatoms. The Hall–Kier alpha value is -1.39. The lowest BCUT2D eigenvalue weighted by atomic mass is 9.75. The van der Waals surface area contributed by atoms with Gasteiger partial charge in [0, 0.05) is 5.41 Å². The summed E-state index contributed by atoms with van der Waals surface area (Å²) < 4.78 is 4.54. The van der Waals surface area contributed by atoms with Gasteiger partial charge in [0.1, 0.15) is 0 Å². The molecule has 0 aromatic rings. The van der Waals surface area contributed by atoms with Gasteiger partial charge in [-0.1, -0.05) is 26.2 Å². The summed E-state index contributed by atoms with van der Waals surface area (Å²) >= 11 is 0. The van der Waals surface area contributed by atoms with Gasteiger partial charge in [-0.15, -0.1) is 0 Å². The standard InChI is InChI=1S/C14H23NO4/c1-10(16)11(9-12(17)19-3)15-13(18)14(2)7-5-4-6-8-14/h11H,4-9H2,1-3H3,(H,15,18). The second kappa shape index (κ2) is 6.68. The molecule has 19 heavy (non-hydrogen) atoms. The number of amides is 1. The molecule has 1 aliphatic carbocycles. The number of rotatable bonds is 5. The van der Waals surface area contributed by atoms with E-state index in [0.717, 1.165) is 32.1 Å². The zero-order valence-electron chi connectivity index (χ0n) is 12.0. The summed E-state index contributed by atoms with van der Waals surface area (Å²) in [6.07, 6.45) is 4.79. The first-order valence-corrected chi connectivity index (χ1v) is 6.77. The van der Waals surface area contributed by atoms with E-state index in [2.05, 4.69) is 10.1 Å². The highest BCUT2D eigenvalue weighted by Crippen LogP contribution is 2.35. The van der Waals surface area contributed by atoms with Crippen molar-refractivity contribution in [3.8, 4) is 0 Å². The number of ether oxygens (including phenoxy) is 1. The highest BCUT2D eigenvalue weighted by molar-refractivity contribution is 5.92. The maximum absolute atomic E-state index is 12.3. The highest BCUT2D eigenvalue weighted by atomic mass is 16.5. The summed E-state index contributed by atoms with van der Waals surface area (Å²) in [6, 6.07) is -0.779. The molecule has 0 aromatic carbocycles. The minimum absolute atomic E-state index is 0.104. The molecule has 0 saturated heterocycles. The summed E-state index contributed by atoms with van der Waals surface area (Å²) in [7, 11) is 1.27. The molecule has 0 heterocycles. The van der Waals surface area contributed by atoms with Crippen LogP contribution >= 0.6 is 0 Å². The van der Waals surface area contributed by atoms with Crippen LogP contribution in [0.4, 0.5) is 0 Å². The van der Waals surface area contributed by atoms with Crippen LogP contribution in [-0.4, -0.2) is 30.8 Å². The number of hydrogen-bond acceptors (Lipinski definition) is 4. The van der Waals surface area contributed by atoms with Crippen molar-refractivity contribution < 1.29 is 19.1 Å². The Balaban J connectivity index is 2.65. The molecule has 108 valence electrons. The fourth-order valence-corrected chi connectivity index (χ4v) is 2.44. The third kappa shape index (κ3) is 4.33. The predicted octanol–water partition coefficient (Wildman–Crippen LogP) is 1.59. The lowest BCUT2D eigenvalue weighted by Gasteiger charge is -2.33. The van der Waals surface area contributed by atoms with E-state index in [1.54, 1.807) is 0 Å². The molecule has 1 unspecified atom stereocenters. The number of hydrogen-bond donors (Lipinski definition) is 1. The molecule has 0 aromatic heterocycles. The van der Waals surface area contributed by atoms with E-state index >= 15 is 0 Å². The van der Waals surface area contributed by atoms with Gasteiger partial charge in [-0.3, -0.25) is 14.4 Å². The summed E-state index contributed by atoms with van der Waals surface area (Å²) in [5.41, 5.74) is -0.415. The maximum atomic E-state index is 12.3. The van der Waals surface area contributed by atoms with Gasteiger partial charge >= 0.3 is 5.97 Å². The lowest BCUT2D eigenvalue weighted by molar-refractivity contribution is -0.143. The van der Waals surface area contributed by atoms with Crippen LogP contribution in [0.3, 0.4) is 0 Å². The summed E-state index contributed by atoms with van der Waals surface area (Å²) in [4.78, 5) is 35.0. The average molecular weight is 269 g/mol. The summed E-state index contributed by atoms with van der Waals surface area (Å²) in [5.74, 6) is -0.844. The van der Waals surface area contributed by atoms with Crippen LogP contribution in [0.2, 0.25) is 0 Å². The van der Waals surface area contributed by atoms with E-state index in [0.29, 0.717) is 0 Å². The van der Waals surface area contributed by atoms with Crippen molar-refractivity contribution in [3.05, 3.63) is 0 Å². The average Bonchev–Trinajstić information content (AvgIpc) is 2.38. The Kier molecular flexibility index (Phi) is 5.51. The SMILES string of the molecule is COC(=O)CC(NC(=O)C1(C)CCCCC1)C(C)=O. The van der Waals surface area contributed by atoms with Gasteiger partial charge in [0.25, 0.3) is 0 Å². The molecule has 0 bridgehead atoms. The number of Topliss-reactive ketones (excluding diaryl/α,β-unsaturated/α-hetero) is 1. The van der Waals surface area contributed by atoms with Crippen LogP contribution in [-0.2, 0) is 19.1 Å². The van der Waals surface area contributed by atoms with E-state index in [9.17, 15) is 14.4 Å². The quantitative estimate of drug-likeness (QED) is 0.769. The third-order valence-electron chi connectivity index (χ3n) is 3.90. The van der Waals surface area contributed by atoms with Crippen LogP contribution in [0.25, 0.3) is 0 Å². The third-order valence-corrected chi connectivity index (χ3v) is 3.90. The molecule has 0 radical (unpaired) electrons. The second-order valence-electron chi connectivity index (χ2n) is 5.54. The molecule has 0 spiro atoms. The molecule has 0 aliphatic heterocycles. The molecule has 1 saturated carbocycles. The molecule has 1 atom stereocenters. The fourth-order valence-electron chi connectivity index (χ4n) is 2.44. The zero-order valence-corrected chi connectivity index (χ0v) is 12.0. The largest absolute Gasteiger partial charge is 0.469 e. The Bertz CT molecular complexity index is 358. The van der Waals surface area contributed by atoms with Crippen LogP contribution < -0.4 is 5.32 Å². The number of methoxy groups -OCH3 is 1. The second-order valence-corrected chi connectivity index (χ2v) is 5.54. The van der Waals surface area contributed by atoms with Gasteiger partial charge < -0.3 is 10.1 Å². The Morgan fingerprint density at radius 1 is 1.21 bits per heavy atom. The van der Waals surface area contributed by atoms with Gasteiger partial charge in [-0.05, 0) is 19.8 Å². The van der Waals surface area contributed by atoms with Crippen molar-refractivity contribution >= 4 is 17.7 Å². The van der Waals surface area contributed by atoms with Crippen LogP contribution in [0.15, 0.2) is 0 Å². The van der Waals surface area contributed by atoms with Crippen molar-refractivity contribution in [1.29, 1.82) is 0 Å². The molecule has 1 fully saturated rings. The van der Waals surface area contributed by atoms with Crippen molar-refractivity contribution in [2.45, 2.75) is 58.4 Å². The van der Waals surface area contributed by atoms with Gasteiger partial charge in [0.15, 0.2) is 5.78 Å². The minimum atomic E-state index is -0.779. The van der Waals surface area contributed by atoms with Crippen LogP contribution in [0.1, 0.15) is 52.4 Å². The van der Waals surface area contributed by atoms with Crippen molar-refractivity contribution in [1.82, 2.24) is 5.32 Å². The van der Waals surface area contributed by atoms with Gasteiger partial charge in [0.05, 0.1) is 19.6 Å². The van der Waals surface area contributed by atoms with Crippen LogP contribution in [0.5, 0.6) is 0 Å². The molecule has 5 nitrogen and oxygen atoms in total. The Morgan fingerprint density at radius 2 is 1.79 bits per heavy atom. The molecule has 1 amide bonds. The highest BCUT2D eigenvalue weighted by Gasteiger charge is 2.36. The Labute approximate surface area is 114 Å². The maximum Gasteiger partial charge on any atom is 0.308 e. The number of nitrogens with one attached hydrogen (secondary N) is 1. The lowest BCUT2D eigenvalue weighted by Crippen LogP contribution is -2.48. The first-order chi connectivity index (χ1) is 8.89. The molecule has 1 N–H and O–H groups in total. The monoisotopic (exact) mass is 269 g/mol. The van der Waals surface area contributed by atoms with Crippen molar-refractivity contribution in [3.63, 3.8) is 0 Å². The normalized spacial score (nSPS) is 19.3. The van der Waals surface area contributed by atoms with Crippen molar-refractivity contribution in [2.75, 3.05) is 7.11 Å².